The number of ketones is 2. The Hall–Kier alpha value is -1.76. The Bertz CT molecular complexity index is 852. The zero-order valence-electron chi connectivity index (χ0n) is 22.9. The molecule has 8 fully saturated rings. The molecule has 7 nitrogen and oxygen atoms in total. The summed E-state index contributed by atoms with van der Waals surface area (Å²) in [4.78, 5) is 51.6. The van der Waals surface area contributed by atoms with Gasteiger partial charge in [-0.25, -0.2) is 0 Å². The van der Waals surface area contributed by atoms with Crippen molar-refractivity contribution in [2.24, 2.45) is 51.8 Å². The van der Waals surface area contributed by atoms with Crippen LogP contribution in [0.1, 0.15) is 96.8 Å². The molecule has 0 spiro atoms. The van der Waals surface area contributed by atoms with Gasteiger partial charge in [-0.3, -0.25) is 19.2 Å². The van der Waals surface area contributed by atoms with Crippen molar-refractivity contribution >= 4 is 23.5 Å². The third-order valence-corrected chi connectivity index (χ3v) is 11.4. The maximum atomic E-state index is 13.2. The average molecular weight is 529 g/mol. The molecule has 8 aliphatic rings. The van der Waals surface area contributed by atoms with E-state index in [0.29, 0.717) is 35.5 Å². The smallest absolute Gasteiger partial charge is 0.313 e. The van der Waals surface area contributed by atoms with Gasteiger partial charge in [-0.15, -0.1) is 0 Å². The highest BCUT2D eigenvalue weighted by molar-refractivity contribution is 5.99. The van der Waals surface area contributed by atoms with E-state index < -0.39 is 17.4 Å². The van der Waals surface area contributed by atoms with E-state index in [4.69, 9.17) is 9.47 Å². The number of carbonyl (C=O) groups is 4. The number of aliphatic hydroxyl groups is 1. The summed E-state index contributed by atoms with van der Waals surface area (Å²) in [5, 5.41) is 9.97. The minimum Gasteiger partial charge on any atom is -0.465 e. The zero-order chi connectivity index (χ0) is 26.7. The van der Waals surface area contributed by atoms with Crippen molar-refractivity contribution in [3.63, 3.8) is 0 Å². The lowest BCUT2D eigenvalue weighted by Crippen LogP contribution is -2.50. The molecule has 1 N–H and O–H groups in total. The van der Waals surface area contributed by atoms with Crippen molar-refractivity contribution in [3.8, 4) is 0 Å². The number of rotatable bonds is 11. The molecule has 0 unspecified atom stereocenters. The quantitative estimate of drug-likeness (QED) is 0.312. The number of Topliss-reactive ketones (excluding diaryl/α,β-unsaturated/α-hetero) is 2. The molecule has 0 amide bonds. The fraction of sp³-hybridized carbons (Fsp3) is 0.871. The molecule has 0 aromatic carbocycles. The standard InChI is InChI=1S/C31H44O7/c1-29(16-32,17-37-27(35)8-25(33)30-10-19-2-20(11-30)4-21(3-19)12-30)18-38-28(36)9-26(34)31-13-22-5-23(14-31)7-24(6-22)15-31/h19-24,32H,2-18H2,1H3. The summed E-state index contributed by atoms with van der Waals surface area (Å²) in [6.07, 6.45) is 12.4. The van der Waals surface area contributed by atoms with E-state index in [1.54, 1.807) is 6.92 Å². The summed E-state index contributed by atoms with van der Waals surface area (Å²) >= 11 is 0. The highest BCUT2D eigenvalue weighted by Gasteiger charge is 2.55. The van der Waals surface area contributed by atoms with E-state index in [9.17, 15) is 24.3 Å². The molecular weight excluding hydrogens is 484 g/mol. The molecule has 0 saturated heterocycles. The molecule has 0 aromatic heterocycles. The van der Waals surface area contributed by atoms with Crippen LogP contribution in [0.4, 0.5) is 0 Å². The van der Waals surface area contributed by atoms with E-state index in [1.807, 2.05) is 0 Å². The molecule has 7 heteroatoms. The minimum atomic E-state index is -0.987. The Labute approximate surface area is 225 Å². The van der Waals surface area contributed by atoms with E-state index >= 15 is 0 Å². The molecule has 8 bridgehead atoms. The Morgan fingerprint density at radius 2 is 0.921 bits per heavy atom. The maximum Gasteiger partial charge on any atom is 0.313 e. The Morgan fingerprint density at radius 1 is 0.632 bits per heavy atom. The number of aliphatic hydroxyl groups excluding tert-OH is 1. The molecule has 0 aliphatic heterocycles. The Morgan fingerprint density at radius 3 is 1.18 bits per heavy atom. The highest BCUT2D eigenvalue weighted by atomic mass is 16.5. The van der Waals surface area contributed by atoms with Crippen LogP contribution in [0.15, 0.2) is 0 Å². The molecule has 0 heterocycles. The van der Waals surface area contributed by atoms with Gasteiger partial charge in [-0.1, -0.05) is 6.92 Å². The minimum absolute atomic E-state index is 0.0157. The largest absolute Gasteiger partial charge is 0.465 e. The van der Waals surface area contributed by atoms with Gasteiger partial charge in [0, 0.05) is 10.8 Å². The topological polar surface area (TPSA) is 107 Å². The fourth-order valence-corrected chi connectivity index (χ4v) is 10.3. The van der Waals surface area contributed by atoms with Gasteiger partial charge in [0.25, 0.3) is 0 Å². The van der Waals surface area contributed by atoms with Crippen LogP contribution < -0.4 is 0 Å². The molecule has 0 atom stereocenters. The third-order valence-electron chi connectivity index (χ3n) is 11.4. The molecule has 0 aromatic rings. The van der Waals surface area contributed by atoms with Crippen LogP contribution in [-0.4, -0.2) is 48.4 Å². The van der Waals surface area contributed by atoms with Crippen LogP contribution in [0, 0.1) is 51.8 Å². The van der Waals surface area contributed by atoms with Crippen molar-refractivity contribution < 1.29 is 33.8 Å². The lowest BCUT2D eigenvalue weighted by molar-refractivity contribution is -0.160. The van der Waals surface area contributed by atoms with Crippen LogP contribution in [0.25, 0.3) is 0 Å². The summed E-state index contributed by atoms with van der Waals surface area (Å²) in [5.41, 5.74) is -1.67. The van der Waals surface area contributed by atoms with Crippen molar-refractivity contribution in [1.29, 1.82) is 0 Å². The molecule has 210 valence electrons. The molecule has 8 saturated carbocycles. The second-order valence-electron chi connectivity index (χ2n) is 14.9. The van der Waals surface area contributed by atoms with E-state index in [0.717, 1.165) is 38.5 Å². The number of carbonyl (C=O) groups excluding carboxylic acids is 4. The summed E-state index contributed by atoms with van der Waals surface area (Å²) < 4.78 is 10.9. The van der Waals surface area contributed by atoms with Gasteiger partial charge < -0.3 is 14.6 Å². The third kappa shape index (κ3) is 4.97. The zero-order valence-corrected chi connectivity index (χ0v) is 22.9. The van der Waals surface area contributed by atoms with Crippen molar-refractivity contribution in [2.45, 2.75) is 96.8 Å². The Balaban J connectivity index is 0.963. The Kier molecular flexibility index (Phi) is 6.76. The molecule has 38 heavy (non-hydrogen) atoms. The monoisotopic (exact) mass is 528 g/mol. The highest BCUT2D eigenvalue weighted by Crippen LogP contribution is 2.61. The summed E-state index contributed by atoms with van der Waals surface area (Å²) in [5.74, 6) is 2.65. The van der Waals surface area contributed by atoms with Crippen LogP contribution >= 0.6 is 0 Å². The normalized spacial score (nSPS) is 41.5. The number of hydrogen-bond acceptors (Lipinski definition) is 7. The number of esters is 2. The van der Waals surface area contributed by atoms with Gasteiger partial charge in [0.2, 0.25) is 0 Å². The predicted octanol–water partition coefficient (Wildman–Crippen LogP) is 4.42. The van der Waals surface area contributed by atoms with Gasteiger partial charge >= 0.3 is 11.9 Å². The van der Waals surface area contributed by atoms with E-state index in [1.165, 1.54) is 38.5 Å². The SMILES string of the molecule is CC(CO)(COC(=O)CC(=O)C12CC3CC(CC(C3)C1)C2)COC(=O)CC(=O)C12CC3CC(CC(C3)C1)C2. The van der Waals surface area contributed by atoms with Gasteiger partial charge in [-0.2, -0.15) is 0 Å². The summed E-state index contributed by atoms with van der Waals surface area (Å²) in [7, 11) is 0. The lowest BCUT2D eigenvalue weighted by Gasteiger charge is -2.55. The number of ether oxygens (including phenoxy) is 2. The summed E-state index contributed by atoms with van der Waals surface area (Å²) in [6.45, 7) is 1.04. The van der Waals surface area contributed by atoms with Crippen molar-refractivity contribution in [3.05, 3.63) is 0 Å². The van der Waals surface area contributed by atoms with Gasteiger partial charge in [0.05, 0.1) is 12.0 Å². The van der Waals surface area contributed by atoms with E-state index in [2.05, 4.69) is 0 Å². The van der Waals surface area contributed by atoms with Gasteiger partial charge in [-0.05, 0) is 113 Å². The predicted molar refractivity (Wildman–Crippen MR) is 138 cm³/mol. The maximum absolute atomic E-state index is 13.2. The first-order chi connectivity index (χ1) is 18.1. The molecular formula is C31H44O7. The average Bonchev–Trinajstić information content (AvgIpc) is 2.85. The van der Waals surface area contributed by atoms with Gasteiger partial charge in [0.15, 0.2) is 0 Å². The molecule has 8 aliphatic carbocycles. The van der Waals surface area contributed by atoms with Crippen LogP contribution in [0.2, 0.25) is 0 Å². The summed E-state index contributed by atoms with van der Waals surface area (Å²) in [6, 6.07) is 0. The first-order valence-electron chi connectivity index (χ1n) is 15.1. The van der Waals surface area contributed by atoms with Crippen molar-refractivity contribution in [1.82, 2.24) is 0 Å². The van der Waals surface area contributed by atoms with E-state index in [-0.39, 0.29) is 55.1 Å². The van der Waals surface area contributed by atoms with Crippen LogP contribution in [0.5, 0.6) is 0 Å². The van der Waals surface area contributed by atoms with Crippen LogP contribution in [0.3, 0.4) is 0 Å². The van der Waals surface area contributed by atoms with Crippen molar-refractivity contribution in [2.75, 3.05) is 19.8 Å². The first-order valence-corrected chi connectivity index (χ1v) is 15.1. The lowest BCUT2D eigenvalue weighted by atomic mass is 9.48. The molecule has 8 rings (SSSR count). The second kappa shape index (κ2) is 9.71. The molecule has 0 radical (unpaired) electrons. The fourth-order valence-electron chi connectivity index (χ4n) is 10.3. The van der Waals surface area contributed by atoms with Gasteiger partial charge in [0.1, 0.15) is 37.6 Å². The number of hydrogen-bond donors (Lipinski definition) is 1. The first kappa shape index (κ1) is 26.5. The van der Waals surface area contributed by atoms with Crippen LogP contribution in [-0.2, 0) is 28.7 Å². The second-order valence-corrected chi connectivity index (χ2v) is 14.9.